The molecule has 2 atom stereocenters. The van der Waals surface area contributed by atoms with Crippen molar-refractivity contribution in [2.24, 2.45) is 0 Å². The molecular formula is C14H20N2O4. The largest absolute Gasteiger partial charge is 0.371 e. The minimum Gasteiger partial charge on any atom is -0.371 e. The zero-order valence-corrected chi connectivity index (χ0v) is 11.5. The Balaban J connectivity index is 1.61. The summed E-state index contributed by atoms with van der Waals surface area (Å²) in [7, 11) is 0. The van der Waals surface area contributed by atoms with E-state index in [-0.39, 0.29) is 24.1 Å². The summed E-state index contributed by atoms with van der Waals surface area (Å²) in [5.41, 5.74) is -0.587. The number of nitrogens with zero attached hydrogens (tertiary/aromatic N) is 2. The highest BCUT2D eigenvalue weighted by Gasteiger charge is 2.58. The normalized spacial score (nSPS) is 35.0. The second-order valence-electron chi connectivity index (χ2n) is 6.31. The molecule has 6 heteroatoms. The van der Waals surface area contributed by atoms with Crippen LogP contribution in [0.15, 0.2) is 0 Å². The molecule has 0 aromatic carbocycles. The van der Waals surface area contributed by atoms with E-state index in [0.29, 0.717) is 26.3 Å². The summed E-state index contributed by atoms with van der Waals surface area (Å²) in [6, 6.07) is -0.136. The van der Waals surface area contributed by atoms with Gasteiger partial charge in [0.1, 0.15) is 5.54 Å². The fraction of sp³-hybridized carbons (Fsp3) is 0.857. The van der Waals surface area contributed by atoms with E-state index < -0.39 is 5.54 Å². The Kier molecular flexibility index (Phi) is 2.79. The van der Waals surface area contributed by atoms with Crippen molar-refractivity contribution in [3.8, 4) is 0 Å². The molecule has 3 amide bonds. The van der Waals surface area contributed by atoms with Crippen molar-refractivity contribution in [1.29, 1.82) is 0 Å². The van der Waals surface area contributed by atoms with Gasteiger partial charge in [-0.25, -0.2) is 4.79 Å². The van der Waals surface area contributed by atoms with Gasteiger partial charge in [-0.2, -0.15) is 0 Å². The first-order valence-corrected chi connectivity index (χ1v) is 7.57. The summed E-state index contributed by atoms with van der Waals surface area (Å²) in [5.74, 6) is -0.00153. The van der Waals surface area contributed by atoms with Crippen molar-refractivity contribution in [2.75, 3.05) is 26.3 Å². The number of hydrogen-bond donors (Lipinski definition) is 0. The fourth-order valence-corrected chi connectivity index (χ4v) is 3.57. The van der Waals surface area contributed by atoms with Crippen LogP contribution in [0.2, 0.25) is 0 Å². The van der Waals surface area contributed by atoms with E-state index in [9.17, 15) is 9.59 Å². The molecule has 2 unspecified atom stereocenters. The summed E-state index contributed by atoms with van der Waals surface area (Å²) in [6.07, 6.45) is 4.98. The minimum absolute atomic E-state index is 0.00153. The molecule has 0 N–H and O–H groups in total. The van der Waals surface area contributed by atoms with Crippen LogP contribution in [0, 0.1) is 0 Å². The van der Waals surface area contributed by atoms with E-state index in [2.05, 4.69) is 0 Å². The van der Waals surface area contributed by atoms with Crippen LogP contribution < -0.4 is 0 Å². The predicted octanol–water partition coefficient (Wildman–Crippen LogP) is 0.751. The maximum absolute atomic E-state index is 12.8. The third kappa shape index (κ3) is 1.93. The lowest BCUT2D eigenvalue weighted by Crippen LogP contribution is -2.52. The molecule has 0 aromatic rings. The standard InChI is InChI=1S/C14H20N2O4/c17-12-14(4-2-1-3-5-14)16(7-11-9-20-11)13(18)15(12)6-10-8-19-10/h10-11H,1-9H2. The second-order valence-corrected chi connectivity index (χ2v) is 6.31. The molecule has 3 aliphatic heterocycles. The van der Waals surface area contributed by atoms with Crippen molar-refractivity contribution in [3.05, 3.63) is 0 Å². The Morgan fingerprint density at radius 1 is 1.00 bits per heavy atom. The van der Waals surface area contributed by atoms with E-state index in [4.69, 9.17) is 9.47 Å². The number of epoxide rings is 2. The Hall–Kier alpha value is -1.14. The van der Waals surface area contributed by atoms with Crippen LogP contribution in [0.25, 0.3) is 0 Å². The zero-order valence-electron chi connectivity index (χ0n) is 11.5. The van der Waals surface area contributed by atoms with Crippen molar-refractivity contribution in [2.45, 2.75) is 49.9 Å². The van der Waals surface area contributed by atoms with Crippen molar-refractivity contribution < 1.29 is 19.1 Å². The molecule has 0 aromatic heterocycles. The molecule has 4 rings (SSSR count). The van der Waals surface area contributed by atoms with Gasteiger partial charge in [0.25, 0.3) is 5.91 Å². The summed E-state index contributed by atoms with van der Waals surface area (Å²) in [5, 5.41) is 0. The first-order chi connectivity index (χ1) is 9.71. The van der Waals surface area contributed by atoms with Gasteiger partial charge in [-0.05, 0) is 12.8 Å². The quantitative estimate of drug-likeness (QED) is 0.563. The average Bonchev–Trinajstić information content (AvgIpc) is 3.36. The number of carbonyl (C=O) groups excluding carboxylic acids is 2. The van der Waals surface area contributed by atoms with Gasteiger partial charge in [-0.1, -0.05) is 19.3 Å². The lowest BCUT2D eigenvalue weighted by molar-refractivity contribution is -0.135. The van der Waals surface area contributed by atoms with Gasteiger partial charge in [0, 0.05) is 0 Å². The number of hydrogen-bond acceptors (Lipinski definition) is 4. The molecule has 1 saturated carbocycles. The Morgan fingerprint density at radius 3 is 2.20 bits per heavy atom. The molecule has 0 radical (unpaired) electrons. The third-order valence-corrected chi connectivity index (χ3v) is 4.88. The topological polar surface area (TPSA) is 65.7 Å². The lowest BCUT2D eigenvalue weighted by atomic mass is 9.80. The zero-order chi connectivity index (χ0) is 13.7. The molecule has 4 aliphatic rings. The van der Waals surface area contributed by atoms with Gasteiger partial charge in [-0.3, -0.25) is 9.69 Å². The summed E-state index contributed by atoms with van der Waals surface area (Å²) >= 11 is 0. The molecule has 3 saturated heterocycles. The Bertz CT molecular complexity index is 438. The maximum Gasteiger partial charge on any atom is 0.327 e. The second kappa shape index (κ2) is 4.43. The lowest BCUT2D eigenvalue weighted by Gasteiger charge is -2.37. The van der Waals surface area contributed by atoms with E-state index in [1.165, 1.54) is 4.90 Å². The van der Waals surface area contributed by atoms with Crippen molar-refractivity contribution in [3.63, 3.8) is 0 Å². The molecule has 1 aliphatic carbocycles. The average molecular weight is 280 g/mol. The van der Waals surface area contributed by atoms with Crippen LogP contribution in [-0.4, -0.2) is 65.8 Å². The van der Waals surface area contributed by atoms with Crippen LogP contribution in [0.5, 0.6) is 0 Å². The number of amides is 3. The van der Waals surface area contributed by atoms with Crippen molar-refractivity contribution in [1.82, 2.24) is 9.80 Å². The number of ether oxygens (including phenoxy) is 2. The van der Waals surface area contributed by atoms with Crippen LogP contribution in [0.1, 0.15) is 32.1 Å². The van der Waals surface area contributed by atoms with Gasteiger partial charge in [-0.15, -0.1) is 0 Å². The third-order valence-electron chi connectivity index (χ3n) is 4.88. The monoisotopic (exact) mass is 280 g/mol. The molecule has 6 nitrogen and oxygen atoms in total. The summed E-state index contributed by atoms with van der Waals surface area (Å²) < 4.78 is 10.5. The highest BCUT2D eigenvalue weighted by atomic mass is 16.6. The number of carbonyl (C=O) groups is 2. The van der Waals surface area contributed by atoms with Crippen LogP contribution in [0.3, 0.4) is 0 Å². The highest BCUT2D eigenvalue weighted by molar-refractivity contribution is 6.07. The van der Waals surface area contributed by atoms with Gasteiger partial charge in [0.05, 0.1) is 38.5 Å². The van der Waals surface area contributed by atoms with E-state index in [1.807, 2.05) is 0 Å². The Labute approximate surface area is 118 Å². The molecule has 20 heavy (non-hydrogen) atoms. The molecule has 1 spiro atoms. The van der Waals surface area contributed by atoms with Gasteiger partial charge in [0.15, 0.2) is 0 Å². The van der Waals surface area contributed by atoms with Crippen LogP contribution in [0.4, 0.5) is 4.79 Å². The molecule has 3 heterocycles. The summed E-state index contributed by atoms with van der Waals surface area (Å²) in [6.45, 7) is 2.35. The smallest absolute Gasteiger partial charge is 0.327 e. The Morgan fingerprint density at radius 2 is 1.60 bits per heavy atom. The van der Waals surface area contributed by atoms with Gasteiger partial charge >= 0.3 is 6.03 Å². The van der Waals surface area contributed by atoms with Gasteiger partial charge in [0.2, 0.25) is 0 Å². The van der Waals surface area contributed by atoms with Gasteiger partial charge < -0.3 is 14.4 Å². The SMILES string of the molecule is O=C1N(CC2CO2)C(=O)C2(CCCCC2)N1CC1CO1. The molecular weight excluding hydrogens is 260 g/mol. The molecule has 110 valence electrons. The maximum atomic E-state index is 12.8. The van der Waals surface area contributed by atoms with Crippen LogP contribution >= 0.6 is 0 Å². The van der Waals surface area contributed by atoms with Crippen LogP contribution in [-0.2, 0) is 14.3 Å². The minimum atomic E-state index is -0.587. The first-order valence-electron chi connectivity index (χ1n) is 7.57. The first kappa shape index (κ1) is 12.6. The highest BCUT2D eigenvalue weighted by Crippen LogP contribution is 2.41. The van der Waals surface area contributed by atoms with E-state index in [1.54, 1.807) is 4.90 Å². The molecule has 0 bridgehead atoms. The van der Waals surface area contributed by atoms with E-state index >= 15 is 0 Å². The predicted molar refractivity (Wildman–Crippen MR) is 69.1 cm³/mol. The van der Waals surface area contributed by atoms with E-state index in [0.717, 1.165) is 32.1 Å². The number of urea groups is 1. The fourth-order valence-electron chi connectivity index (χ4n) is 3.57. The molecule has 4 fully saturated rings. The number of imide groups is 1. The summed E-state index contributed by atoms with van der Waals surface area (Å²) in [4.78, 5) is 28.7. The number of rotatable bonds is 4. The van der Waals surface area contributed by atoms with Crippen molar-refractivity contribution >= 4 is 11.9 Å².